The fourth-order valence-corrected chi connectivity index (χ4v) is 3.27. The number of amides is 1. The average molecular weight is 436 g/mol. The maximum Gasteiger partial charge on any atom is 0.228 e. The van der Waals surface area contributed by atoms with Crippen molar-refractivity contribution in [2.75, 3.05) is 5.32 Å². The molecular weight excluding hydrogens is 417 g/mol. The number of hydrogen-bond donors (Lipinski definition) is 2. The molecule has 2 N–H and O–H groups in total. The average Bonchev–Trinajstić information content (AvgIpc) is 3.07. The molecule has 146 valence electrons. The molecule has 0 atom stereocenters. The molecule has 0 saturated heterocycles. The van der Waals surface area contributed by atoms with E-state index < -0.39 is 0 Å². The highest BCUT2D eigenvalue weighted by atomic mass is 35.5. The Labute approximate surface area is 178 Å². The topological polar surface area (TPSA) is 67.2 Å². The molecule has 0 aliphatic carbocycles. The Morgan fingerprint density at radius 1 is 1.18 bits per heavy atom. The van der Waals surface area contributed by atoms with Crippen LogP contribution >= 0.6 is 35.4 Å². The number of carbonyl (C=O) groups excluding carboxylic acids is 1. The molecule has 0 aliphatic heterocycles. The molecular formula is C20H19Cl2N3O2S. The molecule has 2 aromatic carbocycles. The second kappa shape index (κ2) is 9.37. The lowest BCUT2D eigenvalue weighted by Gasteiger charge is -2.09. The summed E-state index contributed by atoms with van der Waals surface area (Å²) in [5.74, 6) is 0.290. The van der Waals surface area contributed by atoms with Gasteiger partial charge in [0, 0.05) is 17.1 Å². The van der Waals surface area contributed by atoms with E-state index in [2.05, 4.69) is 22.5 Å². The van der Waals surface area contributed by atoms with Crippen LogP contribution in [0.15, 0.2) is 40.8 Å². The molecule has 0 saturated carbocycles. The van der Waals surface area contributed by atoms with Gasteiger partial charge in [-0.3, -0.25) is 4.79 Å². The van der Waals surface area contributed by atoms with Crippen molar-refractivity contribution in [3.05, 3.63) is 46.4 Å². The van der Waals surface area contributed by atoms with Crippen LogP contribution < -0.4 is 10.6 Å². The number of nitrogens with zero attached hydrogens (tertiary/aromatic N) is 1. The number of hydrogen-bond acceptors (Lipinski definition) is 4. The highest BCUT2D eigenvalue weighted by Gasteiger charge is 2.13. The van der Waals surface area contributed by atoms with Crippen LogP contribution in [0.3, 0.4) is 0 Å². The van der Waals surface area contributed by atoms with Gasteiger partial charge in [-0.15, -0.1) is 0 Å². The minimum atomic E-state index is -0.0913. The highest BCUT2D eigenvalue weighted by Crippen LogP contribution is 2.32. The molecule has 0 fully saturated rings. The number of nitrogens with one attached hydrogen (secondary N) is 2. The van der Waals surface area contributed by atoms with Crippen molar-refractivity contribution >= 4 is 63.2 Å². The Morgan fingerprint density at radius 3 is 2.79 bits per heavy atom. The zero-order valence-corrected chi connectivity index (χ0v) is 17.5. The largest absolute Gasteiger partial charge is 0.436 e. The lowest BCUT2D eigenvalue weighted by molar-refractivity contribution is -0.119. The summed E-state index contributed by atoms with van der Waals surface area (Å²) in [6, 6.07) is 10.5. The van der Waals surface area contributed by atoms with Crippen LogP contribution in [0, 0.1) is 0 Å². The van der Waals surface area contributed by atoms with E-state index in [1.807, 2.05) is 0 Å². The van der Waals surface area contributed by atoms with Crippen LogP contribution in [-0.4, -0.2) is 16.0 Å². The van der Waals surface area contributed by atoms with E-state index >= 15 is 0 Å². The van der Waals surface area contributed by atoms with Gasteiger partial charge in [-0.25, -0.2) is 4.98 Å². The fraction of sp³-hybridized carbons (Fsp3) is 0.250. The van der Waals surface area contributed by atoms with Gasteiger partial charge in [-0.2, -0.15) is 0 Å². The number of unbranched alkanes of at least 4 members (excludes halogenated alkanes) is 2. The van der Waals surface area contributed by atoms with Crippen LogP contribution in [0.2, 0.25) is 10.0 Å². The van der Waals surface area contributed by atoms with Crippen molar-refractivity contribution in [3.63, 3.8) is 0 Å². The van der Waals surface area contributed by atoms with Crippen LogP contribution in [0.25, 0.3) is 22.6 Å². The molecule has 5 nitrogen and oxygen atoms in total. The van der Waals surface area contributed by atoms with Crippen LogP contribution in [0.4, 0.5) is 5.69 Å². The molecule has 0 spiro atoms. The van der Waals surface area contributed by atoms with Crippen LogP contribution in [0.5, 0.6) is 0 Å². The predicted molar refractivity (Wildman–Crippen MR) is 118 cm³/mol. The number of rotatable bonds is 6. The van der Waals surface area contributed by atoms with Gasteiger partial charge in [0.15, 0.2) is 10.7 Å². The predicted octanol–water partition coefficient (Wildman–Crippen LogP) is 6.19. The number of aromatic nitrogens is 1. The Hall–Kier alpha value is -2.15. The maximum atomic E-state index is 11.9. The third kappa shape index (κ3) is 5.22. The Kier molecular flexibility index (Phi) is 6.88. The van der Waals surface area contributed by atoms with Gasteiger partial charge in [0.2, 0.25) is 11.8 Å². The van der Waals surface area contributed by atoms with Crippen molar-refractivity contribution in [1.82, 2.24) is 10.3 Å². The molecule has 8 heteroatoms. The molecule has 3 rings (SSSR count). The highest BCUT2D eigenvalue weighted by molar-refractivity contribution is 7.80. The number of anilines is 1. The van der Waals surface area contributed by atoms with E-state index in [1.165, 1.54) is 0 Å². The Morgan fingerprint density at radius 2 is 2.00 bits per heavy atom. The van der Waals surface area contributed by atoms with E-state index in [4.69, 9.17) is 39.8 Å². The molecule has 0 radical (unpaired) electrons. The normalized spacial score (nSPS) is 10.8. The molecule has 0 unspecified atom stereocenters. The smallest absolute Gasteiger partial charge is 0.228 e. The number of benzene rings is 2. The van der Waals surface area contributed by atoms with Crippen molar-refractivity contribution in [1.29, 1.82) is 0 Å². The first-order chi connectivity index (χ1) is 13.5. The molecule has 3 aromatic rings. The van der Waals surface area contributed by atoms with Crippen molar-refractivity contribution < 1.29 is 9.21 Å². The number of thiocarbonyl (C=S) groups is 1. The van der Waals surface area contributed by atoms with E-state index in [9.17, 15) is 4.79 Å². The first-order valence-corrected chi connectivity index (χ1v) is 10.1. The molecule has 1 aromatic heterocycles. The summed E-state index contributed by atoms with van der Waals surface area (Å²) in [5.41, 5.74) is 2.55. The van der Waals surface area contributed by atoms with Crippen molar-refractivity contribution in [3.8, 4) is 11.5 Å². The summed E-state index contributed by atoms with van der Waals surface area (Å²) in [6.07, 6.45) is 3.40. The second-order valence-corrected chi connectivity index (χ2v) is 7.54. The monoisotopic (exact) mass is 435 g/mol. The second-order valence-electron chi connectivity index (χ2n) is 6.29. The number of carbonyl (C=O) groups is 1. The summed E-state index contributed by atoms with van der Waals surface area (Å²) in [7, 11) is 0. The summed E-state index contributed by atoms with van der Waals surface area (Å²) in [4.78, 5) is 16.3. The van der Waals surface area contributed by atoms with Crippen LogP contribution in [-0.2, 0) is 4.79 Å². The van der Waals surface area contributed by atoms with Crippen LogP contribution in [0.1, 0.15) is 32.6 Å². The standard InChI is InChI=1S/C20H19Cl2N3O2S/c1-2-3-4-5-18(26)25-20(28)23-13-7-9-17-16(11-13)24-19(27-17)14-10-12(21)6-8-15(14)22/h6-11H,2-5H2,1H3,(H2,23,25,26,28). The molecule has 28 heavy (non-hydrogen) atoms. The van der Waals surface area contributed by atoms with Gasteiger partial charge < -0.3 is 15.1 Å². The van der Waals surface area contributed by atoms with E-state index in [0.29, 0.717) is 44.7 Å². The zero-order valence-electron chi connectivity index (χ0n) is 15.2. The van der Waals surface area contributed by atoms with E-state index in [0.717, 1.165) is 19.3 Å². The van der Waals surface area contributed by atoms with Gasteiger partial charge in [0.1, 0.15) is 5.52 Å². The third-order valence-corrected chi connectivity index (χ3v) is 4.83. The summed E-state index contributed by atoms with van der Waals surface area (Å²) >= 11 is 17.5. The molecule has 1 heterocycles. The molecule has 0 bridgehead atoms. The van der Waals surface area contributed by atoms with E-state index in [1.54, 1.807) is 36.4 Å². The SMILES string of the molecule is CCCCCC(=O)NC(=S)Nc1ccc2oc(-c3cc(Cl)ccc3Cl)nc2c1. The first-order valence-electron chi connectivity index (χ1n) is 8.93. The summed E-state index contributed by atoms with van der Waals surface area (Å²) in [6.45, 7) is 2.09. The number of halogens is 2. The quantitative estimate of drug-likeness (QED) is 0.356. The first kappa shape index (κ1) is 20.6. The van der Waals surface area contributed by atoms with Crippen molar-refractivity contribution in [2.45, 2.75) is 32.6 Å². The van der Waals surface area contributed by atoms with Gasteiger partial charge in [-0.05, 0) is 55.0 Å². The minimum Gasteiger partial charge on any atom is -0.436 e. The lowest BCUT2D eigenvalue weighted by Crippen LogP contribution is -2.33. The van der Waals surface area contributed by atoms with Gasteiger partial charge >= 0.3 is 0 Å². The Balaban J connectivity index is 1.71. The van der Waals surface area contributed by atoms with Gasteiger partial charge in [-0.1, -0.05) is 43.0 Å². The van der Waals surface area contributed by atoms with E-state index in [-0.39, 0.29) is 11.0 Å². The summed E-state index contributed by atoms with van der Waals surface area (Å²) in [5, 5.41) is 6.98. The maximum absolute atomic E-state index is 11.9. The molecule has 1 amide bonds. The van der Waals surface area contributed by atoms with Crippen molar-refractivity contribution in [2.24, 2.45) is 0 Å². The minimum absolute atomic E-state index is 0.0913. The lowest BCUT2D eigenvalue weighted by atomic mass is 10.2. The summed E-state index contributed by atoms with van der Waals surface area (Å²) < 4.78 is 5.78. The van der Waals surface area contributed by atoms with Gasteiger partial charge in [0.25, 0.3) is 0 Å². The Bertz CT molecular complexity index is 1020. The number of oxazole rings is 1. The molecule has 0 aliphatic rings. The van der Waals surface area contributed by atoms with Gasteiger partial charge in [0.05, 0.1) is 10.6 Å². The third-order valence-electron chi connectivity index (χ3n) is 4.06. The number of fused-ring (bicyclic) bond motifs is 1. The zero-order chi connectivity index (χ0) is 20.1. The fourth-order valence-electron chi connectivity index (χ4n) is 2.67.